The van der Waals surface area contributed by atoms with Gasteiger partial charge in [-0.3, -0.25) is 0 Å². The van der Waals surface area contributed by atoms with E-state index in [1.54, 1.807) is 11.3 Å². The van der Waals surface area contributed by atoms with Gasteiger partial charge in [0, 0.05) is 11.4 Å². The van der Waals surface area contributed by atoms with Crippen molar-refractivity contribution in [3.8, 4) is 0 Å². The van der Waals surface area contributed by atoms with E-state index in [0.717, 1.165) is 9.73 Å². The predicted octanol–water partition coefficient (Wildman–Crippen LogP) is 2.73. The second-order valence-electron chi connectivity index (χ2n) is 2.27. The Bertz CT molecular complexity index is 209. The van der Waals surface area contributed by atoms with E-state index >= 15 is 0 Å². The fraction of sp³-hybridized carbons (Fsp3) is 0.500. The predicted molar refractivity (Wildman–Crippen MR) is 48.6 cm³/mol. The second kappa shape index (κ2) is 3.34. The molecule has 0 spiro atoms. The van der Waals surface area contributed by atoms with Gasteiger partial charge in [-0.2, -0.15) is 0 Å². The lowest BCUT2D eigenvalue weighted by molar-refractivity contribution is 0.896. The highest BCUT2D eigenvalue weighted by Crippen LogP contribution is 2.19. The first-order valence-corrected chi connectivity index (χ1v) is 4.73. The quantitative estimate of drug-likeness (QED) is 0.830. The smallest absolute Gasteiger partial charge is 0.183 e. The van der Waals surface area contributed by atoms with Crippen LogP contribution >= 0.6 is 27.3 Å². The standard InChI is InChI=1S/C6H9BrN2S/c1-4(2)8-6-9-5(7)3-10-6/h3-4H,1-2H3,(H,8,9). The van der Waals surface area contributed by atoms with E-state index < -0.39 is 0 Å². The average molecular weight is 221 g/mol. The average Bonchev–Trinajstić information content (AvgIpc) is 2.13. The van der Waals surface area contributed by atoms with Crippen LogP contribution in [-0.4, -0.2) is 11.0 Å². The van der Waals surface area contributed by atoms with Crippen molar-refractivity contribution in [3.63, 3.8) is 0 Å². The van der Waals surface area contributed by atoms with Crippen LogP contribution in [0, 0.1) is 0 Å². The molecule has 1 aromatic heterocycles. The summed E-state index contributed by atoms with van der Waals surface area (Å²) in [6, 6.07) is 0.457. The normalized spacial score (nSPS) is 10.4. The van der Waals surface area contributed by atoms with Gasteiger partial charge in [0.2, 0.25) is 0 Å². The summed E-state index contributed by atoms with van der Waals surface area (Å²) in [5.74, 6) is 0. The zero-order chi connectivity index (χ0) is 7.56. The summed E-state index contributed by atoms with van der Waals surface area (Å²) >= 11 is 4.89. The highest BCUT2D eigenvalue weighted by atomic mass is 79.9. The Balaban J connectivity index is 2.58. The van der Waals surface area contributed by atoms with E-state index in [4.69, 9.17) is 0 Å². The van der Waals surface area contributed by atoms with Crippen molar-refractivity contribution in [1.82, 2.24) is 4.98 Å². The Morgan fingerprint density at radius 2 is 2.40 bits per heavy atom. The molecular weight excluding hydrogens is 212 g/mol. The number of aromatic nitrogens is 1. The van der Waals surface area contributed by atoms with E-state index in [-0.39, 0.29) is 0 Å². The maximum atomic E-state index is 4.17. The molecule has 0 unspecified atom stereocenters. The number of anilines is 1. The maximum Gasteiger partial charge on any atom is 0.183 e. The van der Waals surface area contributed by atoms with Crippen molar-refractivity contribution in [3.05, 3.63) is 9.98 Å². The molecule has 1 heterocycles. The summed E-state index contributed by atoms with van der Waals surface area (Å²) in [6.45, 7) is 4.19. The lowest BCUT2D eigenvalue weighted by atomic mass is 10.4. The molecule has 1 rings (SSSR count). The Morgan fingerprint density at radius 1 is 1.70 bits per heavy atom. The highest BCUT2D eigenvalue weighted by molar-refractivity contribution is 9.10. The van der Waals surface area contributed by atoms with Crippen LogP contribution in [0.25, 0.3) is 0 Å². The molecule has 2 nitrogen and oxygen atoms in total. The Morgan fingerprint density at radius 3 is 2.80 bits per heavy atom. The van der Waals surface area contributed by atoms with Crippen LogP contribution < -0.4 is 5.32 Å². The molecule has 56 valence electrons. The number of nitrogens with zero attached hydrogens (tertiary/aromatic N) is 1. The van der Waals surface area contributed by atoms with Crippen LogP contribution in [0.5, 0.6) is 0 Å². The number of thiazole rings is 1. The van der Waals surface area contributed by atoms with Gasteiger partial charge in [0.1, 0.15) is 4.60 Å². The van der Waals surface area contributed by atoms with Gasteiger partial charge >= 0.3 is 0 Å². The molecule has 1 N–H and O–H groups in total. The number of hydrogen-bond donors (Lipinski definition) is 1. The summed E-state index contributed by atoms with van der Waals surface area (Å²) < 4.78 is 0.903. The molecule has 1 aromatic rings. The van der Waals surface area contributed by atoms with Gasteiger partial charge in [0.25, 0.3) is 0 Å². The zero-order valence-corrected chi connectivity index (χ0v) is 8.29. The fourth-order valence-electron chi connectivity index (χ4n) is 0.567. The lowest BCUT2D eigenvalue weighted by Crippen LogP contribution is -2.08. The van der Waals surface area contributed by atoms with Crippen LogP contribution in [0.4, 0.5) is 5.13 Å². The molecule has 10 heavy (non-hydrogen) atoms. The highest BCUT2D eigenvalue weighted by Gasteiger charge is 1.98. The van der Waals surface area contributed by atoms with Crippen LogP contribution in [0.3, 0.4) is 0 Å². The molecule has 0 atom stereocenters. The van der Waals surface area contributed by atoms with E-state index in [9.17, 15) is 0 Å². The van der Waals surface area contributed by atoms with Crippen molar-refractivity contribution in [2.45, 2.75) is 19.9 Å². The third kappa shape index (κ3) is 2.27. The van der Waals surface area contributed by atoms with Crippen molar-refractivity contribution in [2.75, 3.05) is 5.32 Å². The van der Waals surface area contributed by atoms with E-state index in [1.165, 1.54) is 0 Å². The van der Waals surface area contributed by atoms with Gasteiger partial charge in [-0.05, 0) is 29.8 Å². The summed E-state index contributed by atoms with van der Waals surface area (Å²) in [4.78, 5) is 4.17. The molecular formula is C6H9BrN2S. The third-order valence-corrected chi connectivity index (χ3v) is 2.37. The minimum atomic E-state index is 0.457. The summed E-state index contributed by atoms with van der Waals surface area (Å²) in [6.07, 6.45) is 0. The minimum Gasteiger partial charge on any atom is -0.359 e. The monoisotopic (exact) mass is 220 g/mol. The molecule has 0 aromatic carbocycles. The first-order chi connectivity index (χ1) is 4.68. The lowest BCUT2D eigenvalue weighted by Gasteiger charge is -2.03. The number of rotatable bonds is 2. The van der Waals surface area contributed by atoms with Crippen LogP contribution in [0.1, 0.15) is 13.8 Å². The van der Waals surface area contributed by atoms with Gasteiger partial charge in [-0.15, -0.1) is 11.3 Å². The van der Waals surface area contributed by atoms with Crippen molar-refractivity contribution >= 4 is 32.4 Å². The number of hydrogen-bond acceptors (Lipinski definition) is 3. The number of nitrogens with one attached hydrogen (secondary N) is 1. The first kappa shape index (κ1) is 8.01. The molecule has 0 bridgehead atoms. The molecule has 0 amide bonds. The van der Waals surface area contributed by atoms with Crippen molar-refractivity contribution < 1.29 is 0 Å². The zero-order valence-electron chi connectivity index (χ0n) is 5.89. The van der Waals surface area contributed by atoms with Gasteiger partial charge in [0.15, 0.2) is 5.13 Å². The van der Waals surface area contributed by atoms with E-state index in [1.807, 2.05) is 5.38 Å². The molecule has 0 saturated carbocycles. The Labute approximate surface area is 72.8 Å². The molecule has 0 aliphatic carbocycles. The van der Waals surface area contributed by atoms with Gasteiger partial charge in [-0.25, -0.2) is 4.98 Å². The number of halogens is 1. The van der Waals surface area contributed by atoms with Crippen molar-refractivity contribution in [2.24, 2.45) is 0 Å². The van der Waals surface area contributed by atoms with Gasteiger partial charge in [0.05, 0.1) is 0 Å². The van der Waals surface area contributed by atoms with Crippen LogP contribution in [-0.2, 0) is 0 Å². The maximum absolute atomic E-state index is 4.17. The Hall–Kier alpha value is -0.0900. The first-order valence-electron chi connectivity index (χ1n) is 3.06. The molecule has 0 saturated heterocycles. The van der Waals surface area contributed by atoms with Gasteiger partial charge < -0.3 is 5.32 Å². The minimum absolute atomic E-state index is 0.457. The molecule has 0 fully saturated rings. The second-order valence-corrected chi connectivity index (χ2v) is 3.95. The van der Waals surface area contributed by atoms with Crippen molar-refractivity contribution in [1.29, 1.82) is 0 Å². The van der Waals surface area contributed by atoms with E-state index in [2.05, 4.69) is 40.1 Å². The molecule has 0 aliphatic rings. The largest absolute Gasteiger partial charge is 0.359 e. The molecule has 4 heteroatoms. The molecule has 0 aliphatic heterocycles. The molecule has 0 radical (unpaired) electrons. The summed E-state index contributed by atoms with van der Waals surface area (Å²) in [5.41, 5.74) is 0. The summed E-state index contributed by atoms with van der Waals surface area (Å²) in [7, 11) is 0. The fourth-order valence-corrected chi connectivity index (χ4v) is 1.86. The van der Waals surface area contributed by atoms with E-state index in [0.29, 0.717) is 6.04 Å². The van der Waals surface area contributed by atoms with Gasteiger partial charge in [-0.1, -0.05) is 0 Å². The SMILES string of the molecule is CC(C)Nc1nc(Br)cs1. The third-order valence-electron chi connectivity index (χ3n) is 0.888. The van der Waals surface area contributed by atoms with Crippen LogP contribution in [0.2, 0.25) is 0 Å². The van der Waals surface area contributed by atoms with Crippen LogP contribution in [0.15, 0.2) is 9.98 Å². The summed E-state index contributed by atoms with van der Waals surface area (Å²) in [5, 5.41) is 6.14. The topological polar surface area (TPSA) is 24.9 Å². The Kier molecular flexibility index (Phi) is 2.68.